The van der Waals surface area contributed by atoms with Crippen molar-refractivity contribution in [2.45, 2.75) is 39.0 Å². The lowest BCUT2D eigenvalue weighted by Crippen LogP contribution is -2.26. The molecule has 1 aliphatic rings. The van der Waals surface area contributed by atoms with Crippen LogP contribution in [0, 0.1) is 11.2 Å². The molecule has 1 fully saturated rings. The van der Waals surface area contributed by atoms with Gasteiger partial charge in [0.2, 0.25) is 0 Å². The normalized spacial score (nSPS) is 18.3. The summed E-state index contributed by atoms with van der Waals surface area (Å²) in [5.74, 6) is -0.116. The highest BCUT2D eigenvalue weighted by atomic mass is 79.9. The highest BCUT2D eigenvalue weighted by Gasteiger charge is 2.35. The minimum Gasteiger partial charge on any atom is -0.299 e. The van der Waals surface area contributed by atoms with E-state index in [9.17, 15) is 9.18 Å². The number of hydrogen-bond acceptors (Lipinski definition) is 1. The van der Waals surface area contributed by atoms with Gasteiger partial charge in [-0.2, -0.15) is 0 Å². The molecule has 1 nitrogen and oxygen atoms in total. The Morgan fingerprint density at radius 1 is 1.41 bits per heavy atom. The van der Waals surface area contributed by atoms with E-state index < -0.39 is 0 Å². The zero-order valence-corrected chi connectivity index (χ0v) is 11.5. The smallest absolute Gasteiger partial charge is 0.143 e. The third kappa shape index (κ3) is 2.76. The van der Waals surface area contributed by atoms with Gasteiger partial charge in [0.1, 0.15) is 11.6 Å². The Kier molecular flexibility index (Phi) is 3.67. The molecule has 0 aromatic heterocycles. The second-order valence-electron chi connectivity index (χ2n) is 5.10. The molecule has 0 N–H and O–H groups in total. The van der Waals surface area contributed by atoms with Crippen molar-refractivity contribution in [3.63, 3.8) is 0 Å². The van der Waals surface area contributed by atoms with E-state index in [1.54, 1.807) is 12.1 Å². The van der Waals surface area contributed by atoms with Gasteiger partial charge in [0.25, 0.3) is 0 Å². The molecule has 0 bridgehead atoms. The van der Waals surface area contributed by atoms with Gasteiger partial charge < -0.3 is 0 Å². The van der Waals surface area contributed by atoms with Crippen molar-refractivity contribution >= 4 is 21.7 Å². The van der Waals surface area contributed by atoms with Crippen LogP contribution in [0.15, 0.2) is 22.7 Å². The van der Waals surface area contributed by atoms with Gasteiger partial charge in [-0.25, -0.2) is 4.39 Å². The number of Topliss-reactive ketones (excluding diaryl/α,β-unsaturated/α-hetero) is 1. The predicted molar refractivity (Wildman–Crippen MR) is 69.4 cm³/mol. The van der Waals surface area contributed by atoms with Crippen molar-refractivity contribution < 1.29 is 9.18 Å². The molecule has 17 heavy (non-hydrogen) atoms. The second-order valence-corrected chi connectivity index (χ2v) is 6.02. The quantitative estimate of drug-likeness (QED) is 0.814. The average molecular weight is 299 g/mol. The SMILES string of the molecule is CC1(C(=O)Cc2cc(Br)ccc2F)CCCC1. The van der Waals surface area contributed by atoms with Crippen molar-refractivity contribution in [1.29, 1.82) is 0 Å². The number of hydrogen-bond donors (Lipinski definition) is 0. The van der Waals surface area contributed by atoms with Gasteiger partial charge in [-0.3, -0.25) is 4.79 Å². The molecule has 0 spiro atoms. The Labute approximate surface area is 110 Å². The van der Waals surface area contributed by atoms with Crippen LogP contribution < -0.4 is 0 Å². The molecule has 0 amide bonds. The van der Waals surface area contributed by atoms with E-state index in [4.69, 9.17) is 0 Å². The summed E-state index contributed by atoms with van der Waals surface area (Å²) in [7, 11) is 0. The van der Waals surface area contributed by atoms with E-state index >= 15 is 0 Å². The molecule has 1 saturated carbocycles. The van der Waals surface area contributed by atoms with Crippen LogP contribution in [0.3, 0.4) is 0 Å². The maximum absolute atomic E-state index is 13.6. The fourth-order valence-electron chi connectivity index (χ4n) is 2.50. The van der Waals surface area contributed by atoms with Crippen LogP contribution in [0.5, 0.6) is 0 Å². The lowest BCUT2D eigenvalue weighted by Gasteiger charge is -2.21. The fourth-order valence-corrected chi connectivity index (χ4v) is 2.91. The number of ketones is 1. The molecule has 0 heterocycles. The summed E-state index contributed by atoms with van der Waals surface area (Å²) in [6.07, 6.45) is 4.33. The Hall–Kier alpha value is -0.700. The monoisotopic (exact) mass is 298 g/mol. The van der Waals surface area contributed by atoms with Gasteiger partial charge in [0, 0.05) is 16.3 Å². The Morgan fingerprint density at radius 3 is 2.71 bits per heavy atom. The fraction of sp³-hybridized carbons (Fsp3) is 0.500. The number of rotatable bonds is 3. The minimum absolute atomic E-state index is 0.173. The molecule has 1 aliphatic carbocycles. The van der Waals surface area contributed by atoms with Crippen LogP contribution in [-0.2, 0) is 11.2 Å². The van der Waals surface area contributed by atoms with Crippen LogP contribution in [0.25, 0.3) is 0 Å². The predicted octanol–water partition coefficient (Wildman–Crippen LogP) is 4.28. The first-order chi connectivity index (χ1) is 8.01. The van der Waals surface area contributed by atoms with Crippen molar-refractivity contribution in [3.05, 3.63) is 34.1 Å². The molecule has 0 unspecified atom stereocenters. The Balaban J connectivity index is 2.15. The number of carbonyl (C=O) groups is 1. The summed E-state index contributed by atoms with van der Waals surface area (Å²) in [6.45, 7) is 2.01. The molecule has 1 aromatic rings. The van der Waals surface area contributed by atoms with Gasteiger partial charge in [0.15, 0.2) is 0 Å². The number of carbonyl (C=O) groups excluding carboxylic acids is 1. The molecule has 3 heteroatoms. The summed E-state index contributed by atoms with van der Waals surface area (Å²) in [6, 6.07) is 4.76. The zero-order chi connectivity index (χ0) is 12.5. The molecule has 0 atom stereocenters. The first-order valence-electron chi connectivity index (χ1n) is 5.98. The van der Waals surface area contributed by atoms with E-state index in [2.05, 4.69) is 15.9 Å². The summed E-state index contributed by atoms with van der Waals surface area (Å²) in [4.78, 5) is 12.2. The van der Waals surface area contributed by atoms with Gasteiger partial charge >= 0.3 is 0 Å². The highest BCUT2D eigenvalue weighted by Crippen LogP contribution is 2.39. The van der Waals surface area contributed by atoms with Crippen molar-refractivity contribution in [2.75, 3.05) is 0 Å². The third-order valence-electron chi connectivity index (χ3n) is 3.74. The summed E-state index contributed by atoms with van der Waals surface area (Å²) in [5, 5.41) is 0. The van der Waals surface area contributed by atoms with Crippen molar-refractivity contribution in [2.24, 2.45) is 5.41 Å². The molecule has 2 rings (SSSR count). The van der Waals surface area contributed by atoms with Crippen LogP contribution in [0.1, 0.15) is 38.2 Å². The highest BCUT2D eigenvalue weighted by molar-refractivity contribution is 9.10. The van der Waals surface area contributed by atoms with Gasteiger partial charge in [0.05, 0.1) is 0 Å². The molecule has 92 valence electrons. The molecule has 0 aliphatic heterocycles. The zero-order valence-electron chi connectivity index (χ0n) is 9.93. The summed E-state index contributed by atoms with van der Waals surface area (Å²) in [5.41, 5.74) is 0.270. The lowest BCUT2D eigenvalue weighted by atomic mass is 9.81. The van der Waals surface area contributed by atoms with E-state index in [-0.39, 0.29) is 23.4 Å². The van der Waals surface area contributed by atoms with E-state index in [0.717, 1.165) is 30.2 Å². The third-order valence-corrected chi connectivity index (χ3v) is 4.23. The maximum Gasteiger partial charge on any atom is 0.143 e. The standard InChI is InChI=1S/C14H16BrFO/c1-14(6-2-3-7-14)13(17)9-10-8-11(15)4-5-12(10)16/h4-5,8H,2-3,6-7,9H2,1H3. The van der Waals surface area contributed by atoms with Gasteiger partial charge in [-0.1, -0.05) is 35.7 Å². The lowest BCUT2D eigenvalue weighted by molar-refractivity contribution is -0.127. The van der Waals surface area contributed by atoms with Crippen LogP contribution >= 0.6 is 15.9 Å². The number of benzene rings is 1. The molecule has 0 saturated heterocycles. The molecule has 1 aromatic carbocycles. The van der Waals surface area contributed by atoms with Crippen molar-refractivity contribution in [1.82, 2.24) is 0 Å². The first kappa shape index (κ1) is 12.7. The van der Waals surface area contributed by atoms with Gasteiger partial charge in [-0.15, -0.1) is 0 Å². The van der Waals surface area contributed by atoms with E-state index in [1.807, 2.05) is 6.92 Å². The van der Waals surface area contributed by atoms with E-state index in [0.29, 0.717) is 5.56 Å². The molecular weight excluding hydrogens is 283 g/mol. The molecular formula is C14H16BrFO. The summed E-state index contributed by atoms with van der Waals surface area (Å²) < 4.78 is 14.4. The largest absolute Gasteiger partial charge is 0.299 e. The van der Waals surface area contributed by atoms with Gasteiger partial charge in [-0.05, 0) is 36.6 Å². The Morgan fingerprint density at radius 2 is 2.06 bits per heavy atom. The summed E-state index contributed by atoms with van der Waals surface area (Å²) >= 11 is 3.31. The molecule has 0 radical (unpaired) electrons. The minimum atomic E-state index is -0.289. The second kappa shape index (κ2) is 4.89. The topological polar surface area (TPSA) is 17.1 Å². The number of halogens is 2. The van der Waals surface area contributed by atoms with Crippen LogP contribution in [-0.4, -0.2) is 5.78 Å². The van der Waals surface area contributed by atoms with Crippen LogP contribution in [0.4, 0.5) is 4.39 Å². The first-order valence-corrected chi connectivity index (χ1v) is 6.78. The van der Waals surface area contributed by atoms with Crippen molar-refractivity contribution in [3.8, 4) is 0 Å². The van der Waals surface area contributed by atoms with E-state index in [1.165, 1.54) is 6.07 Å². The Bertz CT molecular complexity index is 436. The van der Waals surface area contributed by atoms with Crippen LogP contribution in [0.2, 0.25) is 0 Å². The maximum atomic E-state index is 13.6. The average Bonchev–Trinajstić information content (AvgIpc) is 2.72.